The number of anilines is 1. The molecule has 1 amide bonds. The van der Waals surface area contributed by atoms with Gasteiger partial charge in [0.15, 0.2) is 0 Å². The molecule has 1 atom stereocenters. The maximum absolute atomic E-state index is 14.0. The number of nitrogens with zero attached hydrogens (tertiary/aromatic N) is 2. The molecule has 9 heteroatoms. The first kappa shape index (κ1) is 25.1. The zero-order valence-corrected chi connectivity index (χ0v) is 20.9. The summed E-state index contributed by atoms with van der Waals surface area (Å²) in [6.45, 7) is 9.81. The molecule has 2 bridgehead atoms. The third kappa shape index (κ3) is 6.98. The summed E-state index contributed by atoms with van der Waals surface area (Å²) in [7, 11) is -1.24. The molecule has 0 saturated carbocycles. The highest BCUT2D eigenvalue weighted by molar-refractivity contribution is 6.76. The molecule has 2 aromatic rings. The molecule has 3 rings (SSSR count). The van der Waals surface area contributed by atoms with Crippen molar-refractivity contribution in [3.63, 3.8) is 0 Å². The highest BCUT2D eigenvalue weighted by Crippen LogP contribution is 2.33. The molecule has 1 aromatic carbocycles. The number of nitrogens with one attached hydrogen (secondary N) is 1. The molecule has 33 heavy (non-hydrogen) atoms. The number of esters is 1. The van der Waals surface area contributed by atoms with Crippen molar-refractivity contribution in [1.29, 1.82) is 0 Å². The Morgan fingerprint density at radius 3 is 2.82 bits per heavy atom. The number of imidazole rings is 1. The first-order chi connectivity index (χ1) is 15.7. The molecule has 0 spiro atoms. The van der Waals surface area contributed by atoms with Crippen LogP contribution in [0.4, 0.5) is 10.1 Å². The van der Waals surface area contributed by atoms with Gasteiger partial charge in [0.2, 0.25) is 5.91 Å². The molecular weight excluding hydrogens is 441 g/mol. The van der Waals surface area contributed by atoms with E-state index in [9.17, 15) is 14.0 Å². The SMILES string of the molecule is CCOC(=O)C1CCCCC(=O)Nc2cc(F)ccc2-c2cn(COCC[Si](C)(C)C)c1n2. The van der Waals surface area contributed by atoms with Crippen LogP contribution in [-0.4, -0.2) is 42.7 Å². The van der Waals surface area contributed by atoms with Crippen molar-refractivity contribution in [3.8, 4) is 11.3 Å². The fraction of sp³-hybridized carbons (Fsp3) is 0.542. The van der Waals surface area contributed by atoms with Gasteiger partial charge in [0.1, 0.15) is 24.3 Å². The van der Waals surface area contributed by atoms with Crippen molar-refractivity contribution in [1.82, 2.24) is 9.55 Å². The van der Waals surface area contributed by atoms with Gasteiger partial charge in [0.25, 0.3) is 0 Å². The van der Waals surface area contributed by atoms with E-state index in [2.05, 4.69) is 25.0 Å². The van der Waals surface area contributed by atoms with Crippen LogP contribution in [-0.2, 0) is 25.8 Å². The van der Waals surface area contributed by atoms with Gasteiger partial charge in [-0.2, -0.15) is 0 Å². The van der Waals surface area contributed by atoms with Crippen LogP contribution in [0.2, 0.25) is 25.7 Å². The molecule has 7 nitrogen and oxygen atoms in total. The van der Waals surface area contributed by atoms with E-state index >= 15 is 0 Å². The quantitative estimate of drug-likeness (QED) is 0.340. The van der Waals surface area contributed by atoms with Crippen LogP contribution in [0, 0.1) is 5.82 Å². The molecule has 1 aromatic heterocycles. The van der Waals surface area contributed by atoms with Crippen LogP contribution in [0.5, 0.6) is 0 Å². The van der Waals surface area contributed by atoms with Crippen molar-refractivity contribution < 1.29 is 23.5 Å². The van der Waals surface area contributed by atoms with Crippen LogP contribution in [0.1, 0.15) is 44.3 Å². The summed E-state index contributed by atoms with van der Waals surface area (Å²) in [6.07, 6.45) is 3.88. The number of hydrogen-bond donors (Lipinski definition) is 1. The van der Waals surface area contributed by atoms with Crippen LogP contribution < -0.4 is 5.32 Å². The average molecular weight is 476 g/mol. The lowest BCUT2D eigenvalue weighted by Crippen LogP contribution is -2.23. The number of carbonyl (C=O) groups excluding carboxylic acids is 2. The number of amides is 1. The van der Waals surface area contributed by atoms with Crippen LogP contribution in [0.15, 0.2) is 24.4 Å². The second kappa shape index (κ2) is 11.1. The number of aromatic nitrogens is 2. The summed E-state index contributed by atoms with van der Waals surface area (Å²) in [5.74, 6) is -0.965. The van der Waals surface area contributed by atoms with Crippen molar-refractivity contribution in [3.05, 3.63) is 36.0 Å². The third-order valence-corrected chi connectivity index (χ3v) is 7.30. The summed E-state index contributed by atoms with van der Waals surface area (Å²) < 4.78 is 27.1. The number of rotatable bonds is 7. The summed E-state index contributed by atoms with van der Waals surface area (Å²) >= 11 is 0. The highest BCUT2D eigenvalue weighted by Gasteiger charge is 2.29. The van der Waals surface area contributed by atoms with Gasteiger partial charge in [-0.25, -0.2) is 9.37 Å². The zero-order chi connectivity index (χ0) is 24.0. The van der Waals surface area contributed by atoms with E-state index in [1.165, 1.54) is 12.1 Å². The number of benzene rings is 1. The van der Waals surface area contributed by atoms with Gasteiger partial charge < -0.3 is 19.4 Å². The van der Waals surface area contributed by atoms with Crippen molar-refractivity contribution in [2.24, 2.45) is 0 Å². The van der Waals surface area contributed by atoms with Crippen LogP contribution in [0.25, 0.3) is 11.3 Å². The standard InChI is InChI=1S/C24H34FN3O4Si/c1-5-32-24(30)19-8-6-7-9-22(29)26-20-14-17(25)10-11-18(20)21-15-28(23(19)27-21)16-31-12-13-33(2,3)4/h10-11,14-15,19H,5-9,12-13,16H2,1-4H3,(H,26,29). The molecule has 0 fully saturated rings. The maximum atomic E-state index is 14.0. The first-order valence-electron chi connectivity index (χ1n) is 11.6. The Morgan fingerprint density at radius 1 is 1.30 bits per heavy atom. The average Bonchev–Trinajstić information content (AvgIpc) is 3.13. The number of fused-ring (bicyclic) bond motifs is 4. The van der Waals surface area contributed by atoms with Crippen LogP contribution in [0.3, 0.4) is 0 Å². The fourth-order valence-corrected chi connectivity index (χ4v) is 4.52. The molecular formula is C24H34FN3O4Si. The molecule has 1 aliphatic heterocycles. The Kier molecular flexibility index (Phi) is 8.42. The number of halogens is 1. The molecule has 1 N–H and O–H groups in total. The second-order valence-corrected chi connectivity index (χ2v) is 15.2. The van der Waals surface area contributed by atoms with E-state index in [0.717, 1.165) is 6.04 Å². The lowest BCUT2D eigenvalue weighted by atomic mass is 9.99. The van der Waals surface area contributed by atoms with Gasteiger partial charge in [0.05, 0.1) is 18.0 Å². The Labute approximate surface area is 195 Å². The molecule has 2 heterocycles. The van der Waals surface area contributed by atoms with E-state index in [-0.39, 0.29) is 25.2 Å². The third-order valence-electron chi connectivity index (χ3n) is 5.60. The minimum absolute atomic E-state index is 0.190. The first-order valence-corrected chi connectivity index (χ1v) is 15.3. The minimum Gasteiger partial charge on any atom is -0.465 e. The molecule has 1 aliphatic rings. The van der Waals surface area contributed by atoms with Crippen molar-refractivity contribution in [2.45, 2.75) is 70.9 Å². The highest BCUT2D eigenvalue weighted by atomic mass is 28.3. The summed E-state index contributed by atoms with van der Waals surface area (Å²) in [5, 5.41) is 2.81. The van der Waals surface area contributed by atoms with Crippen molar-refractivity contribution in [2.75, 3.05) is 18.5 Å². The van der Waals surface area contributed by atoms with E-state index in [1.807, 2.05) is 4.57 Å². The van der Waals surface area contributed by atoms with Gasteiger partial charge in [-0.15, -0.1) is 0 Å². The lowest BCUT2D eigenvalue weighted by Gasteiger charge is -2.19. The second-order valence-electron chi connectivity index (χ2n) is 9.59. The van der Waals surface area contributed by atoms with Crippen molar-refractivity contribution >= 4 is 25.6 Å². The van der Waals surface area contributed by atoms with E-state index in [0.29, 0.717) is 55.1 Å². The van der Waals surface area contributed by atoms with Crippen LogP contribution >= 0.6 is 0 Å². The molecule has 0 radical (unpaired) electrons. The topological polar surface area (TPSA) is 82.5 Å². The van der Waals surface area contributed by atoms with E-state index in [4.69, 9.17) is 14.5 Å². The van der Waals surface area contributed by atoms with Gasteiger partial charge >= 0.3 is 5.97 Å². The van der Waals surface area contributed by atoms with E-state index in [1.54, 1.807) is 19.2 Å². The Bertz CT molecular complexity index is 987. The largest absolute Gasteiger partial charge is 0.465 e. The Morgan fingerprint density at radius 2 is 2.09 bits per heavy atom. The van der Waals surface area contributed by atoms with E-state index < -0.39 is 19.8 Å². The monoisotopic (exact) mass is 475 g/mol. The predicted molar refractivity (Wildman–Crippen MR) is 128 cm³/mol. The van der Waals surface area contributed by atoms with Gasteiger partial charge in [-0.3, -0.25) is 9.59 Å². The molecule has 0 aliphatic carbocycles. The molecule has 1 unspecified atom stereocenters. The predicted octanol–water partition coefficient (Wildman–Crippen LogP) is 5.16. The summed E-state index contributed by atoms with van der Waals surface area (Å²) in [5.41, 5.74) is 1.50. The molecule has 0 saturated heterocycles. The number of ether oxygens (including phenoxy) is 2. The molecule has 180 valence electrons. The van der Waals surface area contributed by atoms with Gasteiger partial charge in [-0.05, 0) is 44.0 Å². The smallest absolute Gasteiger partial charge is 0.316 e. The fourth-order valence-electron chi connectivity index (χ4n) is 3.77. The number of carbonyl (C=O) groups is 2. The van der Waals surface area contributed by atoms with Gasteiger partial charge in [-0.1, -0.05) is 26.1 Å². The maximum Gasteiger partial charge on any atom is 0.316 e. The minimum atomic E-state index is -1.24. The summed E-state index contributed by atoms with van der Waals surface area (Å²) in [4.78, 5) is 30.0. The van der Waals surface area contributed by atoms with Gasteiger partial charge in [0, 0.05) is 32.9 Å². The zero-order valence-electron chi connectivity index (χ0n) is 19.9. The Balaban J connectivity index is 2.01. The normalized spacial score (nSPS) is 16.9. The Hall–Kier alpha value is -2.52. The lowest BCUT2D eigenvalue weighted by molar-refractivity contribution is -0.145. The summed E-state index contributed by atoms with van der Waals surface area (Å²) in [6, 6.07) is 5.26. The number of hydrogen-bond acceptors (Lipinski definition) is 5.